The van der Waals surface area contributed by atoms with Gasteiger partial charge >= 0.3 is 0 Å². The Morgan fingerprint density at radius 1 is 1.00 bits per heavy atom. The van der Waals surface area contributed by atoms with Crippen LogP contribution in [0.15, 0.2) is 0 Å². The minimum atomic E-state index is 0.271. The standard InChI is InChI=1S/C9H18N2O2/c1-8-10(3-5-12-8)7-11-4-6-13-9(11)2/h8-9H,3-7H2,1-2H3/t8-,9-/m0/s1. The third-order valence-electron chi connectivity index (χ3n) is 2.87. The summed E-state index contributed by atoms with van der Waals surface area (Å²) in [7, 11) is 0. The Bertz CT molecular complexity index is 159. The summed E-state index contributed by atoms with van der Waals surface area (Å²) in [4.78, 5) is 4.68. The second-order valence-electron chi connectivity index (χ2n) is 3.71. The Hall–Kier alpha value is -0.160. The van der Waals surface area contributed by atoms with Crippen molar-refractivity contribution < 1.29 is 9.47 Å². The van der Waals surface area contributed by atoms with Crippen LogP contribution >= 0.6 is 0 Å². The second kappa shape index (κ2) is 3.92. The van der Waals surface area contributed by atoms with Gasteiger partial charge in [0.05, 0.1) is 19.9 Å². The second-order valence-corrected chi connectivity index (χ2v) is 3.71. The van der Waals surface area contributed by atoms with Gasteiger partial charge in [0, 0.05) is 13.1 Å². The quantitative estimate of drug-likeness (QED) is 0.619. The highest BCUT2D eigenvalue weighted by molar-refractivity contribution is 4.70. The fourth-order valence-electron chi connectivity index (χ4n) is 1.86. The fourth-order valence-corrected chi connectivity index (χ4v) is 1.86. The van der Waals surface area contributed by atoms with Crippen molar-refractivity contribution in [3.05, 3.63) is 0 Å². The molecule has 2 heterocycles. The van der Waals surface area contributed by atoms with Crippen molar-refractivity contribution >= 4 is 0 Å². The third kappa shape index (κ3) is 2.02. The molecule has 4 nitrogen and oxygen atoms in total. The summed E-state index contributed by atoms with van der Waals surface area (Å²) in [5.74, 6) is 0. The molecule has 0 saturated carbocycles. The van der Waals surface area contributed by atoms with Gasteiger partial charge < -0.3 is 9.47 Å². The zero-order valence-corrected chi connectivity index (χ0v) is 8.40. The lowest BCUT2D eigenvalue weighted by molar-refractivity contribution is -0.0148. The van der Waals surface area contributed by atoms with E-state index in [1.54, 1.807) is 0 Å². The maximum atomic E-state index is 5.47. The summed E-state index contributed by atoms with van der Waals surface area (Å²) < 4.78 is 10.9. The Labute approximate surface area is 79.4 Å². The van der Waals surface area contributed by atoms with Gasteiger partial charge in [-0.25, -0.2) is 0 Å². The van der Waals surface area contributed by atoms with Crippen molar-refractivity contribution in [3.63, 3.8) is 0 Å². The van der Waals surface area contributed by atoms with Gasteiger partial charge in [-0.3, -0.25) is 9.80 Å². The highest BCUT2D eigenvalue weighted by atomic mass is 16.5. The first-order valence-corrected chi connectivity index (χ1v) is 4.98. The van der Waals surface area contributed by atoms with E-state index in [1.807, 2.05) is 0 Å². The van der Waals surface area contributed by atoms with Gasteiger partial charge in [-0.05, 0) is 13.8 Å². The topological polar surface area (TPSA) is 24.9 Å². The number of hydrogen-bond acceptors (Lipinski definition) is 4. The first-order valence-electron chi connectivity index (χ1n) is 4.98. The van der Waals surface area contributed by atoms with E-state index in [9.17, 15) is 0 Å². The van der Waals surface area contributed by atoms with Crippen molar-refractivity contribution in [2.45, 2.75) is 26.3 Å². The highest BCUT2D eigenvalue weighted by Crippen LogP contribution is 2.14. The zero-order valence-electron chi connectivity index (χ0n) is 8.40. The van der Waals surface area contributed by atoms with Crippen LogP contribution in [0.5, 0.6) is 0 Å². The molecule has 2 saturated heterocycles. The molecule has 0 bridgehead atoms. The van der Waals surface area contributed by atoms with Gasteiger partial charge in [0.2, 0.25) is 0 Å². The summed E-state index contributed by atoms with van der Waals surface area (Å²) in [6, 6.07) is 0. The first-order chi connectivity index (χ1) is 6.27. The lowest BCUT2D eigenvalue weighted by Crippen LogP contribution is -2.41. The SMILES string of the molecule is C[C@@H]1OCCN1CN1CCO[C@H]1C. The molecule has 0 aromatic heterocycles. The summed E-state index contributed by atoms with van der Waals surface area (Å²) in [6.07, 6.45) is 0.542. The predicted molar refractivity (Wildman–Crippen MR) is 49.1 cm³/mol. The van der Waals surface area contributed by atoms with E-state index in [1.165, 1.54) is 0 Å². The Kier molecular flexibility index (Phi) is 2.83. The van der Waals surface area contributed by atoms with E-state index in [4.69, 9.17) is 9.47 Å². The molecule has 0 spiro atoms. The van der Waals surface area contributed by atoms with Crippen LogP contribution in [0.3, 0.4) is 0 Å². The van der Waals surface area contributed by atoms with Crippen LogP contribution in [0.1, 0.15) is 13.8 Å². The van der Waals surface area contributed by atoms with E-state index in [0.717, 1.165) is 33.0 Å². The van der Waals surface area contributed by atoms with Gasteiger partial charge in [-0.15, -0.1) is 0 Å². The van der Waals surface area contributed by atoms with Crippen molar-refractivity contribution in [2.75, 3.05) is 33.0 Å². The number of ether oxygens (including phenoxy) is 2. The molecule has 0 N–H and O–H groups in total. The number of nitrogens with zero attached hydrogens (tertiary/aromatic N) is 2. The van der Waals surface area contributed by atoms with E-state index in [2.05, 4.69) is 23.6 Å². The number of rotatable bonds is 2. The molecule has 2 aliphatic heterocycles. The summed E-state index contributed by atoms with van der Waals surface area (Å²) in [5, 5.41) is 0. The summed E-state index contributed by atoms with van der Waals surface area (Å²) >= 11 is 0. The molecule has 2 rings (SSSR count). The molecule has 4 heteroatoms. The largest absolute Gasteiger partial charge is 0.362 e. The average Bonchev–Trinajstić information content (AvgIpc) is 2.65. The first kappa shape index (κ1) is 9.40. The summed E-state index contributed by atoms with van der Waals surface area (Å²) in [6.45, 7) is 9.01. The molecule has 0 aromatic carbocycles. The average molecular weight is 186 g/mol. The molecular weight excluding hydrogens is 168 g/mol. The maximum absolute atomic E-state index is 5.47. The van der Waals surface area contributed by atoms with E-state index in [-0.39, 0.29) is 12.5 Å². The molecule has 2 atom stereocenters. The third-order valence-corrected chi connectivity index (χ3v) is 2.87. The zero-order chi connectivity index (χ0) is 9.26. The fraction of sp³-hybridized carbons (Fsp3) is 1.00. The van der Waals surface area contributed by atoms with Crippen LogP contribution in [0, 0.1) is 0 Å². The lowest BCUT2D eigenvalue weighted by atomic mass is 10.5. The Morgan fingerprint density at radius 3 is 1.77 bits per heavy atom. The van der Waals surface area contributed by atoms with Gasteiger partial charge in [0.1, 0.15) is 12.5 Å². The predicted octanol–water partition coefficient (Wildman–Crippen LogP) is 0.300. The number of hydrogen-bond donors (Lipinski definition) is 0. The van der Waals surface area contributed by atoms with Crippen molar-refractivity contribution in [1.82, 2.24) is 9.80 Å². The molecule has 0 aromatic rings. The van der Waals surface area contributed by atoms with Crippen LogP contribution in [-0.4, -0.2) is 55.2 Å². The molecule has 2 aliphatic rings. The molecule has 13 heavy (non-hydrogen) atoms. The van der Waals surface area contributed by atoms with Gasteiger partial charge in [0.25, 0.3) is 0 Å². The van der Waals surface area contributed by atoms with Gasteiger partial charge in [-0.2, -0.15) is 0 Å². The lowest BCUT2D eigenvalue weighted by Gasteiger charge is -2.27. The highest BCUT2D eigenvalue weighted by Gasteiger charge is 2.27. The van der Waals surface area contributed by atoms with E-state index >= 15 is 0 Å². The smallest absolute Gasteiger partial charge is 0.108 e. The van der Waals surface area contributed by atoms with E-state index in [0.29, 0.717) is 0 Å². The minimum Gasteiger partial charge on any atom is -0.362 e. The molecule has 2 fully saturated rings. The minimum absolute atomic E-state index is 0.271. The molecule has 0 unspecified atom stereocenters. The molecule has 0 radical (unpaired) electrons. The monoisotopic (exact) mass is 186 g/mol. The molecular formula is C9H18N2O2. The Balaban J connectivity index is 1.82. The van der Waals surface area contributed by atoms with Crippen molar-refractivity contribution in [3.8, 4) is 0 Å². The normalized spacial score (nSPS) is 37.4. The molecule has 76 valence electrons. The van der Waals surface area contributed by atoms with Crippen LogP contribution in [0.2, 0.25) is 0 Å². The Morgan fingerprint density at radius 2 is 1.46 bits per heavy atom. The van der Waals surface area contributed by atoms with Gasteiger partial charge in [-0.1, -0.05) is 0 Å². The van der Waals surface area contributed by atoms with Crippen molar-refractivity contribution in [1.29, 1.82) is 0 Å². The molecule has 0 amide bonds. The van der Waals surface area contributed by atoms with Crippen molar-refractivity contribution in [2.24, 2.45) is 0 Å². The van der Waals surface area contributed by atoms with E-state index < -0.39 is 0 Å². The maximum Gasteiger partial charge on any atom is 0.108 e. The molecule has 0 aliphatic carbocycles. The van der Waals surface area contributed by atoms with Crippen LogP contribution < -0.4 is 0 Å². The van der Waals surface area contributed by atoms with Crippen LogP contribution in [-0.2, 0) is 9.47 Å². The van der Waals surface area contributed by atoms with Crippen LogP contribution in [0.25, 0.3) is 0 Å². The van der Waals surface area contributed by atoms with Crippen LogP contribution in [0.4, 0.5) is 0 Å². The van der Waals surface area contributed by atoms with Gasteiger partial charge in [0.15, 0.2) is 0 Å². The summed E-state index contributed by atoms with van der Waals surface area (Å²) in [5.41, 5.74) is 0.